The zero-order valence-corrected chi connectivity index (χ0v) is 105. The van der Waals surface area contributed by atoms with Crippen molar-refractivity contribution >= 4 is 41.8 Å². The van der Waals surface area contributed by atoms with Gasteiger partial charge >= 0.3 is 41.8 Å². The third-order valence-corrected chi connectivity index (χ3v) is 30.6. The van der Waals surface area contributed by atoms with Gasteiger partial charge in [0.2, 0.25) is 0 Å². The fraction of sp³-hybridized carbons (Fsp3) is 0.808. The van der Waals surface area contributed by atoms with Crippen molar-refractivity contribution in [2.75, 3.05) is 6.61 Å². The molecule has 3 aromatic carbocycles. The minimum atomic E-state index is -0.362. The van der Waals surface area contributed by atoms with E-state index in [9.17, 15) is 33.6 Å². The first-order chi connectivity index (χ1) is 65.9. The molecular weight excluding hydrogens is 1790 g/mol. The van der Waals surface area contributed by atoms with Crippen LogP contribution < -0.4 is 0 Å². The molecule has 8 unspecified atom stereocenters. The SMILES string of the molecule is CCC(C)(C)C(=O)OC(C(C)C)C(C)C.CCC(C)(C)C(=O)OC(C(C)C)C(C)C.CCC(C)(C)C(=O)OC(C)C.CCC(C)(C)C(=O)OC1C(C(C)C)CCCC1C(C)C.CCC(C)(C)C(=O)OCC(C)C.CCC(C)C(OC(=O)C(C)(C)CC)C(C)CC.CCC(C)c1cc(C(C)C)cc(C(C)C)c1.CCC(C)c1ccc(C(C)C)cc1.CCC(C)c1ccc(C)cc1.CCC(OC(=O)C(C)(C)CC)C(C)C. The average molecular weight is 2030 g/mol. The summed E-state index contributed by atoms with van der Waals surface area (Å²) in [5, 5.41) is 0. The number of hydrogen-bond acceptors (Lipinski definition) is 14. The number of benzene rings is 3. The van der Waals surface area contributed by atoms with Gasteiger partial charge in [-0.15, -0.1) is 0 Å². The molecule has 1 fully saturated rings. The van der Waals surface area contributed by atoms with Crippen molar-refractivity contribution in [3.8, 4) is 0 Å². The second-order valence-corrected chi connectivity index (χ2v) is 50.6. The zero-order chi connectivity index (χ0) is 114. The highest BCUT2D eigenvalue weighted by molar-refractivity contribution is 5.79. The van der Waals surface area contributed by atoms with Crippen molar-refractivity contribution in [2.45, 2.75) is 570 Å². The highest BCUT2D eigenvalue weighted by atomic mass is 16.6. The van der Waals surface area contributed by atoms with E-state index in [1.54, 1.807) is 0 Å². The van der Waals surface area contributed by atoms with Gasteiger partial charge in [-0.05, 0) is 341 Å². The normalized spacial score (nSPS) is 15.5. The number of ether oxygens (including phenoxy) is 7. The molecule has 1 aliphatic carbocycles. The number of aryl methyl sites for hydroxylation is 1. The molecular formula is C130H240O14. The Morgan fingerprint density at radius 3 is 0.792 bits per heavy atom. The summed E-state index contributed by atoms with van der Waals surface area (Å²) in [4.78, 5) is 82.8. The smallest absolute Gasteiger partial charge is 0.311 e. The summed E-state index contributed by atoms with van der Waals surface area (Å²) in [6.07, 6.45) is 16.4. The van der Waals surface area contributed by atoms with Crippen LogP contribution in [0.2, 0.25) is 0 Å². The lowest BCUT2D eigenvalue weighted by Crippen LogP contribution is -2.44. The van der Waals surface area contributed by atoms with E-state index in [1.807, 2.05) is 166 Å². The van der Waals surface area contributed by atoms with E-state index in [0.29, 0.717) is 113 Å². The molecule has 0 heterocycles. The van der Waals surface area contributed by atoms with Gasteiger partial charge < -0.3 is 33.2 Å². The summed E-state index contributed by atoms with van der Waals surface area (Å²) in [6.45, 7) is 120. The first-order valence-corrected chi connectivity index (χ1v) is 57.7. The van der Waals surface area contributed by atoms with Gasteiger partial charge in [0.25, 0.3) is 0 Å². The third kappa shape index (κ3) is 59.5. The van der Waals surface area contributed by atoms with E-state index >= 15 is 0 Å². The predicted molar refractivity (Wildman–Crippen MR) is 621 cm³/mol. The minimum Gasteiger partial charge on any atom is -0.465 e. The summed E-state index contributed by atoms with van der Waals surface area (Å²) in [5.41, 5.74) is 7.75. The van der Waals surface area contributed by atoms with E-state index in [-0.39, 0.29) is 116 Å². The van der Waals surface area contributed by atoms with E-state index in [0.717, 1.165) is 64.2 Å². The van der Waals surface area contributed by atoms with Gasteiger partial charge in [0, 0.05) is 0 Å². The Morgan fingerprint density at radius 2 is 0.542 bits per heavy atom. The Morgan fingerprint density at radius 1 is 0.285 bits per heavy atom. The number of hydrogen-bond donors (Lipinski definition) is 0. The maximum atomic E-state index is 12.5. The second-order valence-electron chi connectivity index (χ2n) is 50.6. The first kappa shape index (κ1) is 149. The van der Waals surface area contributed by atoms with Crippen LogP contribution in [0.25, 0.3) is 0 Å². The topological polar surface area (TPSA) is 184 Å². The lowest BCUT2D eigenvalue weighted by molar-refractivity contribution is -0.172. The monoisotopic (exact) mass is 2030 g/mol. The Hall–Kier alpha value is -6.05. The van der Waals surface area contributed by atoms with Gasteiger partial charge in [-0.2, -0.15) is 0 Å². The number of carbonyl (C=O) groups excluding carboxylic acids is 7. The highest BCUT2D eigenvalue weighted by Gasteiger charge is 2.43. The summed E-state index contributed by atoms with van der Waals surface area (Å²) >= 11 is 0. The van der Waals surface area contributed by atoms with E-state index < -0.39 is 0 Å². The first-order valence-electron chi connectivity index (χ1n) is 57.7. The summed E-state index contributed by atoms with van der Waals surface area (Å²) in [7, 11) is 0. The summed E-state index contributed by atoms with van der Waals surface area (Å²) < 4.78 is 38.7. The minimum absolute atomic E-state index is 0.00618. The van der Waals surface area contributed by atoms with Crippen molar-refractivity contribution in [1.82, 2.24) is 0 Å². The van der Waals surface area contributed by atoms with E-state index in [4.69, 9.17) is 33.2 Å². The van der Waals surface area contributed by atoms with Crippen LogP contribution in [0.3, 0.4) is 0 Å². The molecule has 0 aliphatic heterocycles. The summed E-state index contributed by atoms with van der Waals surface area (Å²) in [6, 6.07) is 25.0. The van der Waals surface area contributed by atoms with Crippen LogP contribution in [0.4, 0.5) is 0 Å². The van der Waals surface area contributed by atoms with Gasteiger partial charge in [0.1, 0.15) is 30.5 Å². The molecule has 14 nitrogen and oxygen atoms in total. The van der Waals surface area contributed by atoms with Gasteiger partial charge in [-0.25, -0.2) is 0 Å². The number of esters is 7. The van der Waals surface area contributed by atoms with Crippen molar-refractivity contribution < 1.29 is 66.7 Å². The molecule has 0 amide bonds. The molecule has 1 saturated carbocycles. The van der Waals surface area contributed by atoms with Crippen LogP contribution in [-0.2, 0) is 66.7 Å². The van der Waals surface area contributed by atoms with Crippen LogP contribution in [0, 0.1) is 116 Å². The molecule has 0 aromatic heterocycles. The predicted octanol–water partition coefficient (Wildman–Crippen LogP) is 38.5. The maximum absolute atomic E-state index is 12.5. The molecule has 144 heavy (non-hydrogen) atoms. The quantitative estimate of drug-likeness (QED) is 0.0385. The van der Waals surface area contributed by atoms with E-state index in [1.165, 1.54) is 77.5 Å². The molecule has 14 heteroatoms. The molecule has 844 valence electrons. The Labute approximate surface area is 893 Å². The Balaban J connectivity index is -0.000000369. The molecule has 4 rings (SSSR count). The number of carbonyl (C=O) groups is 7. The van der Waals surface area contributed by atoms with Crippen LogP contribution >= 0.6 is 0 Å². The molecule has 3 aromatic rings. The van der Waals surface area contributed by atoms with Gasteiger partial charge in [-0.3, -0.25) is 33.6 Å². The van der Waals surface area contributed by atoms with Crippen LogP contribution in [0.1, 0.15) is 565 Å². The Bertz CT molecular complexity index is 3740. The van der Waals surface area contributed by atoms with Crippen molar-refractivity contribution in [2.24, 2.45) is 109 Å². The fourth-order valence-corrected chi connectivity index (χ4v) is 14.6. The van der Waals surface area contributed by atoms with Crippen molar-refractivity contribution in [3.63, 3.8) is 0 Å². The molecule has 8 atom stereocenters. The average Bonchev–Trinajstić information content (AvgIpc) is 0.817. The standard InChI is InChI=1S/C18H34O2.C16H26.C15H30O2.2C13H26O2.C13H20.C12H24O2.C11H16.C10H20O2.C9H18O2/c1-8-18(6,7)17(19)20-16-14(12(2)3)10-9-11-15(16)13(4)5;1-7-13(6)16-9-14(11(2)3)8-15(10-16)12(4)5;1-8-11(4)13(12(5)9-2)17-14(16)15(6,7)10-3;2*1-8-13(6,7)12(14)15-11(9(2)3)10(4)5;1-5-11(4)13-8-6-12(7-9-13)10(2)3;1-7-10(9(3)4)14-11(13)12(5,6)8-2;1-4-10(3)11-7-5-9(2)6-8-11;1-6-10(4,5)9(11)12-7-8(2)3;1-6-9(4,5)8(10)11-7(2)3/h12-16H,8-11H2,1-7H3;8-13H,7H2,1-6H3;11-13H,8-10H2,1-7H3;2*9-11H,8H2,1-7H3;6-11H,5H2,1-4H3;9-10H,7-8H2,1-6H3;5-8,10H,4H2,1-3H3;8H,6-7H2,1-5H3;7H,6H2,1-5H3. The summed E-state index contributed by atoms with van der Waals surface area (Å²) in [5.74, 6) is 8.91. The van der Waals surface area contributed by atoms with Gasteiger partial charge in [-0.1, -0.05) is 369 Å². The molecule has 0 saturated heterocycles. The van der Waals surface area contributed by atoms with Crippen LogP contribution in [0.5, 0.6) is 0 Å². The van der Waals surface area contributed by atoms with Crippen LogP contribution in [0.15, 0.2) is 66.7 Å². The van der Waals surface area contributed by atoms with Crippen molar-refractivity contribution in [1.29, 1.82) is 0 Å². The Kier molecular flexibility index (Phi) is 76.4. The van der Waals surface area contributed by atoms with Crippen molar-refractivity contribution in [3.05, 3.63) is 106 Å². The maximum Gasteiger partial charge on any atom is 0.311 e. The molecule has 0 bridgehead atoms. The van der Waals surface area contributed by atoms with Gasteiger partial charge in [0.15, 0.2) is 0 Å². The van der Waals surface area contributed by atoms with Crippen LogP contribution in [-0.4, -0.2) is 85.0 Å². The number of rotatable bonds is 43. The zero-order valence-electron chi connectivity index (χ0n) is 105. The molecule has 0 spiro atoms. The fourth-order valence-electron chi connectivity index (χ4n) is 14.6. The second kappa shape index (κ2) is 74.0. The third-order valence-electron chi connectivity index (χ3n) is 30.6. The largest absolute Gasteiger partial charge is 0.465 e. The molecule has 0 N–H and O–H groups in total. The molecule has 1 aliphatic rings. The lowest BCUT2D eigenvalue weighted by Gasteiger charge is -2.42. The van der Waals surface area contributed by atoms with Gasteiger partial charge in [0.05, 0.1) is 50.6 Å². The lowest BCUT2D eigenvalue weighted by atomic mass is 9.70. The molecule has 0 radical (unpaired) electrons. The van der Waals surface area contributed by atoms with E-state index in [2.05, 4.69) is 295 Å². The highest BCUT2D eigenvalue weighted by Crippen LogP contribution is 2.42.